The van der Waals surface area contributed by atoms with Gasteiger partial charge in [-0.3, -0.25) is 4.79 Å². The van der Waals surface area contributed by atoms with Gasteiger partial charge in [0.1, 0.15) is 17.2 Å². The molecule has 8 nitrogen and oxygen atoms in total. The number of aromatic hydroxyl groups is 1. The lowest BCUT2D eigenvalue weighted by Gasteiger charge is -2.27. The van der Waals surface area contributed by atoms with Gasteiger partial charge in [0.2, 0.25) is 5.56 Å². The molecule has 1 aliphatic carbocycles. The molecule has 0 spiro atoms. The Bertz CT molecular complexity index is 1380. The number of halogens is 1. The van der Waals surface area contributed by atoms with Gasteiger partial charge in [0.15, 0.2) is 0 Å². The number of aliphatic hydroxyl groups is 1. The van der Waals surface area contributed by atoms with Crippen LogP contribution >= 0.6 is 11.6 Å². The monoisotopic (exact) mass is 539 g/mol. The van der Waals surface area contributed by atoms with Crippen molar-refractivity contribution in [3.05, 3.63) is 62.9 Å². The highest BCUT2D eigenvalue weighted by Gasteiger charge is 2.17. The molecule has 0 aliphatic heterocycles. The van der Waals surface area contributed by atoms with Crippen molar-refractivity contribution in [2.75, 3.05) is 33.9 Å². The topological polar surface area (TPSA) is 107 Å². The Hall–Kier alpha value is -3.22. The summed E-state index contributed by atoms with van der Waals surface area (Å²) in [5, 5.41) is 25.2. The lowest BCUT2D eigenvalue weighted by molar-refractivity contribution is 0.175. The molecular weight excluding hydrogens is 506 g/mol. The Morgan fingerprint density at radius 2 is 2.08 bits per heavy atom. The average Bonchev–Trinajstić information content (AvgIpc) is 2.92. The SMILES string of the molecule is COc1cc(OCCCN(C)C2CC#CCC2)c(Cl)cc1CNC[C@H](O)c1ccc(O)c2[nH]c(=O)ccc12. The zero-order chi connectivity index (χ0) is 27.1. The van der Waals surface area contributed by atoms with E-state index >= 15 is 0 Å². The van der Waals surface area contributed by atoms with Gasteiger partial charge in [-0.05, 0) is 43.7 Å². The van der Waals surface area contributed by atoms with Crippen LogP contribution in [-0.4, -0.2) is 60.0 Å². The Balaban J connectivity index is 1.31. The van der Waals surface area contributed by atoms with Gasteiger partial charge in [-0.25, -0.2) is 0 Å². The minimum absolute atomic E-state index is 0.0469. The second kappa shape index (κ2) is 13.0. The number of pyridine rings is 1. The summed E-state index contributed by atoms with van der Waals surface area (Å²) in [7, 11) is 3.73. The van der Waals surface area contributed by atoms with E-state index in [1.807, 2.05) is 6.07 Å². The van der Waals surface area contributed by atoms with E-state index in [0.717, 1.165) is 37.8 Å². The maximum absolute atomic E-state index is 11.6. The fourth-order valence-corrected chi connectivity index (χ4v) is 4.93. The van der Waals surface area contributed by atoms with Crippen molar-refractivity contribution < 1.29 is 19.7 Å². The normalized spacial score (nSPS) is 15.8. The standard InChI is InChI=1S/C29H34ClN3O5/c1-33(20-7-4-3-5-8-20)13-6-14-38-27-16-26(37-2)19(15-23(27)30)17-31-18-25(35)21-9-11-24(34)29-22(21)10-12-28(36)32-29/h9-12,15-16,20,25,31,34-35H,4,6-8,13-14,17-18H2,1-2H3,(H,32,36)/t20?,25-/m0/s1. The zero-order valence-corrected chi connectivity index (χ0v) is 22.5. The number of nitrogens with one attached hydrogen (secondary N) is 2. The summed E-state index contributed by atoms with van der Waals surface area (Å²) in [4.78, 5) is 16.6. The van der Waals surface area contributed by atoms with Gasteiger partial charge < -0.3 is 34.9 Å². The summed E-state index contributed by atoms with van der Waals surface area (Å²) in [6.45, 7) is 2.11. The first-order chi connectivity index (χ1) is 18.4. The van der Waals surface area contributed by atoms with Gasteiger partial charge in [0.05, 0.1) is 30.4 Å². The summed E-state index contributed by atoms with van der Waals surface area (Å²) >= 11 is 6.52. The maximum atomic E-state index is 11.6. The van der Waals surface area contributed by atoms with Crippen molar-refractivity contribution >= 4 is 22.5 Å². The Kier molecular flexibility index (Phi) is 9.53. The molecule has 1 heterocycles. The van der Waals surface area contributed by atoms with Crippen molar-refractivity contribution in [2.24, 2.45) is 0 Å². The van der Waals surface area contributed by atoms with Crippen LogP contribution in [0.25, 0.3) is 10.9 Å². The molecule has 4 rings (SSSR count). The molecule has 1 unspecified atom stereocenters. The Labute approximate surface area is 227 Å². The second-order valence-electron chi connectivity index (χ2n) is 9.46. The van der Waals surface area contributed by atoms with E-state index in [2.05, 4.69) is 34.1 Å². The van der Waals surface area contributed by atoms with Gasteiger partial charge in [0.25, 0.3) is 0 Å². The summed E-state index contributed by atoms with van der Waals surface area (Å²) in [6.07, 6.45) is 3.02. The van der Waals surface area contributed by atoms with Crippen molar-refractivity contribution in [3.8, 4) is 29.1 Å². The minimum Gasteiger partial charge on any atom is -0.506 e. The highest BCUT2D eigenvalue weighted by atomic mass is 35.5. The predicted octanol–water partition coefficient (Wildman–Crippen LogP) is 3.98. The number of benzene rings is 2. The number of nitrogens with zero attached hydrogens (tertiary/aromatic N) is 1. The predicted molar refractivity (Wildman–Crippen MR) is 149 cm³/mol. The summed E-state index contributed by atoms with van der Waals surface area (Å²) in [5.74, 6) is 7.52. The lowest BCUT2D eigenvalue weighted by atomic mass is 10.0. The van der Waals surface area contributed by atoms with Crippen molar-refractivity contribution in [2.45, 2.75) is 44.4 Å². The largest absolute Gasteiger partial charge is 0.506 e. The number of aliphatic hydroxyl groups excluding tert-OH is 1. The first kappa shape index (κ1) is 27.8. The number of hydrogen-bond acceptors (Lipinski definition) is 7. The van der Waals surface area contributed by atoms with E-state index < -0.39 is 6.10 Å². The zero-order valence-electron chi connectivity index (χ0n) is 21.7. The molecule has 0 saturated carbocycles. The first-order valence-electron chi connectivity index (χ1n) is 12.8. The number of aromatic amines is 1. The van der Waals surface area contributed by atoms with Crippen molar-refractivity contribution in [3.63, 3.8) is 0 Å². The molecular formula is C29H34ClN3O5. The molecule has 9 heteroatoms. The van der Waals surface area contributed by atoms with Gasteiger partial charge in [-0.1, -0.05) is 17.7 Å². The molecule has 2 atom stereocenters. The van der Waals surface area contributed by atoms with Crippen molar-refractivity contribution in [1.82, 2.24) is 15.2 Å². The summed E-state index contributed by atoms with van der Waals surface area (Å²) < 4.78 is 11.5. The third-order valence-corrected chi connectivity index (χ3v) is 7.15. The summed E-state index contributed by atoms with van der Waals surface area (Å²) in [6, 6.07) is 10.2. The first-order valence-corrected chi connectivity index (χ1v) is 13.1. The van der Waals surface area contributed by atoms with Crippen LogP contribution in [-0.2, 0) is 6.54 Å². The van der Waals surface area contributed by atoms with Crippen LogP contribution in [0.4, 0.5) is 0 Å². The number of ether oxygens (including phenoxy) is 2. The quantitative estimate of drug-likeness (QED) is 0.204. The van der Waals surface area contributed by atoms with E-state index in [-0.39, 0.29) is 17.9 Å². The Morgan fingerprint density at radius 1 is 1.24 bits per heavy atom. The molecule has 0 amide bonds. The molecule has 0 saturated heterocycles. The van der Waals surface area contributed by atoms with Crippen molar-refractivity contribution in [1.29, 1.82) is 0 Å². The van der Waals surface area contributed by atoms with E-state index in [9.17, 15) is 15.0 Å². The highest BCUT2D eigenvalue weighted by Crippen LogP contribution is 2.33. The molecule has 4 N–H and O–H groups in total. The van der Waals surface area contributed by atoms with Crippen LogP contribution in [0.2, 0.25) is 5.02 Å². The molecule has 2 aromatic carbocycles. The van der Waals surface area contributed by atoms with Crippen LogP contribution in [0, 0.1) is 11.8 Å². The number of fused-ring (bicyclic) bond motifs is 1. The van der Waals surface area contributed by atoms with E-state index in [0.29, 0.717) is 52.2 Å². The molecule has 1 aliphatic rings. The lowest BCUT2D eigenvalue weighted by Crippen LogP contribution is -2.33. The molecule has 0 radical (unpaired) electrons. The minimum atomic E-state index is -0.869. The van der Waals surface area contributed by atoms with Gasteiger partial charge >= 0.3 is 0 Å². The number of phenolic OH excluding ortho intramolecular Hbond substituents is 1. The van der Waals surface area contributed by atoms with E-state index in [4.69, 9.17) is 21.1 Å². The van der Waals surface area contributed by atoms with Gasteiger partial charge in [-0.2, -0.15) is 0 Å². The van der Waals surface area contributed by atoms with E-state index in [1.54, 1.807) is 25.3 Å². The molecule has 0 fully saturated rings. The number of rotatable bonds is 12. The number of phenols is 1. The summed E-state index contributed by atoms with van der Waals surface area (Å²) in [5.41, 5.74) is 1.40. The van der Waals surface area contributed by atoms with Crippen LogP contribution in [0.3, 0.4) is 0 Å². The Morgan fingerprint density at radius 3 is 2.84 bits per heavy atom. The molecule has 0 bridgehead atoms. The fourth-order valence-electron chi connectivity index (χ4n) is 4.69. The van der Waals surface area contributed by atoms with Crippen LogP contribution in [0.15, 0.2) is 41.2 Å². The van der Waals surface area contributed by atoms with Gasteiger partial charge in [0, 0.05) is 61.6 Å². The number of H-pyrrole nitrogens is 1. The molecule has 3 aromatic rings. The third-order valence-electron chi connectivity index (χ3n) is 6.86. The van der Waals surface area contributed by atoms with Crippen LogP contribution in [0.5, 0.6) is 17.2 Å². The number of hydrogen-bond donors (Lipinski definition) is 4. The van der Waals surface area contributed by atoms with E-state index in [1.165, 1.54) is 12.1 Å². The van der Waals surface area contributed by atoms with Crippen LogP contribution in [0.1, 0.15) is 42.9 Å². The van der Waals surface area contributed by atoms with Crippen LogP contribution < -0.4 is 20.3 Å². The average molecular weight is 540 g/mol. The highest BCUT2D eigenvalue weighted by molar-refractivity contribution is 6.32. The van der Waals surface area contributed by atoms with Gasteiger partial charge in [-0.15, -0.1) is 11.8 Å². The fraction of sp³-hybridized carbons (Fsp3) is 0.414. The molecule has 202 valence electrons. The number of aromatic nitrogens is 1. The molecule has 38 heavy (non-hydrogen) atoms. The third kappa shape index (κ3) is 6.80. The number of methoxy groups -OCH3 is 1. The smallest absolute Gasteiger partial charge is 0.248 e. The second-order valence-corrected chi connectivity index (χ2v) is 9.87. The molecule has 1 aromatic heterocycles. The maximum Gasteiger partial charge on any atom is 0.248 e.